The van der Waals surface area contributed by atoms with Gasteiger partial charge in [-0.25, -0.2) is 0 Å². The maximum absolute atomic E-state index is 12.7. The number of carbonyl (C=O) groups is 1. The van der Waals surface area contributed by atoms with Gasteiger partial charge in [0.15, 0.2) is 0 Å². The van der Waals surface area contributed by atoms with E-state index in [1.54, 1.807) is 16.7 Å². The first-order valence-corrected chi connectivity index (χ1v) is 18.3. The van der Waals surface area contributed by atoms with E-state index in [0.717, 1.165) is 69.9 Å². The summed E-state index contributed by atoms with van der Waals surface area (Å²) in [6.45, 7) is 14.9. The van der Waals surface area contributed by atoms with Gasteiger partial charge in [0, 0.05) is 38.0 Å². The van der Waals surface area contributed by atoms with Gasteiger partial charge < -0.3 is 15.2 Å². The minimum Gasteiger partial charge on any atom is -0.393 e. The van der Waals surface area contributed by atoms with Gasteiger partial charge in [-0.2, -0.15) is 0 Å². The van der Waals surface area contributed by atoms with E-state index in [0.29, 0.717) is 36.8 Å². The Hall–Kier alpha value is -1.95. The Morgan fingerprint density at radius 2 is 1.91 bits per heavy atom. The number of ether oxygens (including phenoxy) is 1. The van der Waals surface area contributed by atoms with E-state index >= 15 is 0 Å². The van der Waals surface area contributed by atoms with Gasteiger partial charge in [-0.05, 0) is 113 Å². The van der Waals surface area contributed by atoms with Gasteiger partial charge in [0.25, 0.3) is 0 Å². The second kappa shape index (κ2) is 11.9. The molecule has 0 aromatic heterocycles. The van der Waals surface area contributed by atoms with Crippen LogP contribution in [0.5, 0.6) is 0 Å². The van der Waals surface area contributed by atoms with Crippen LogP contribution < -0.4 is 5.32 Å². The van der Waals surface area contributed by atoms with Gasteiger partial charge in [0.05, 0.1) is 17.3 Å². The molecule has 1 aromatic carbocycles. The molecule has 45 heavy (non-hydrogen) atoms. The second-order valence-electron chi connectivity index (χ2n) is 16.7. The second-order valence-corrected chi connectivity index (χ2v) is 16.7. The Kier molecular flexibility index (Phi) is 8.39. The van der Waals surface area contributed by atoms with E-state index in [9.17, 15) is 9.90 Å². The van der Waals surface area contributed by atoms with Gasteiger partial charge in [-0.15, -0.1) is 0 Å². The smallest absolute Gasteiger partial charge is 0.220 e. The van der Waals surface area contributed by atoms with Crippen molar-refractivity contribution in [1.29, 1.82) is 0 Å². The van der Waals surface area contributed by atoms with Crippen molar-refractivity contribution in [3.8, 4) is 0 Å². The monoisotopic (exact) mass is 614 g/mol. The van der Waals surface area contributed by atoms with Crippen LogP contribution in [0.15, 0.2) is 53.1 Å². The van der Waals surface area contributed by atoms with Gasteiger partial charge in [0.2, 0.25) is 5.91 Å². The lowest BCUT2D eigenvalue weighted by Gasteiger charge is -2.49. The van der Waals surface area contributed by atoms with Gasteiger partial charge in [-0.1, -0.05) is 73.9 Å². The third-order valence-corrected chi connectivity index (χ3v) is 13.8. The van der Waals surface area contributed by atoms with Crippen LogP contribution in [0.2, 0.25) is 0 Å². The highest BCUT2D eigenvalue weighted by atomic mass is 16.5. The first kappa shape index (κ1) is 31.6. The minimum atomic E-state index is -0.153. The van der Waals surface area contributed by atoms with E-state index in [2.05, 4.69) is 63.0 Å². The van der Waals surface area contributed by atoms with Crippen LogP contribution in [0.3, 0.4) is 0 Å². The quantitative estimate of drug-likeness (QED) is 0.332. The Balaban J connectivity index is 1.04. The Morgan fingerprint density at radius 3 is 2.71 bits per heavy atom. The Labute approximate surface area is 272 Å². The highest BCUT2D eigenvalue weighted by molar-refractivity contribution is 5.76. The molecule has 2 unspecified atom stereocenters. The normalized spacial score (nSPS) is 42.8. The van der Waals surface area contributed by atoms with Gasteiger partial charge >= 0.3 is 0 Å². The fraction of sp³-hybridized carbons (Fsp3) is 0.725. The number of aliphatic hydroxyl groups excluding tert-OH is 1. The van der Waals surface area contributed by atoms with E-state index in [4.69, 9.17) is 4.74 Å². The summed E-state index contributed by atoms with van der Waals surface area (Å²) in [7, 11) is 0. The minimum absolute atomic E-state index is 0.105. The van der Waals surface area contributed by atoms with Crippen molar-refractivity contribution in [2.75, 3.05) is 19.6 Å². The fourth-order valence-electron chi connectivity index (χ4n) is 11.9. The number of benzene rings is 1. The Morgan fingerprint density at radius 1 is 1.11 bits per heavy atom. The number of hydrogen-bond donors (Lipinski definition) is 2. The topological polar surface area (TPSA) is 61.8 Å². The summed E-state index contributed by atoms with van der Waals surface area (Å²) in [5, 5.41) is 13.7. The van der Waals surface area contributed by atoms with Crippen LogP contribution in [0, 0.1) is 35.0 Å². The first-order chi connectivity index (χ1) is 21.5. The number of rotatable bonds is 6. The summed E-state index contributed by atoms with van der Waals surface area (Å²) >= 11 is 0. The third kappa shape index (κ3) is 5.57. The zero-order valence-corrected chi connectivity index (χ0v) is 28.6. The lowest BCUT2D eigenvalue weighted by atomic mass is 9.56. The molecule has 1 spiro atoms. The van der Waals surface area contributed by atoms with Crippen molar-refractivity contribution in [2.24, 2.45) is 35.0 Å². The van der Waals surface area contributed by atoms with E-state index < -0.39 is 0 Å². The lowest BCUT2D eigenvalue weighted by molar-refractivity contribution is -0.137. The summed E-state index contributed by atoms with van der Waals surface area (Å²) in [5.41, 5.74) is 6.17. The predicted molar refractivity (Wildman–Crippen MR) is 181 cm³/mol. The van der Waals surface area contributed by atoms with Crippen LogP contribution >= 0.6 is 0 Å². The molecule has 246 valence electrons. The molecule has 0 bridgehead atoms. The largest absolute Gasteiger partial charge is 0.393 e. The van der Waals surface area contributed by atoms with E-state index in [-0.39, 0.29) is 28.6 Å². The number of hydrogen-bond acceptors (Lipinski definition) is 4. The summed E-state index contributed by atoms with van der Waals surface area (Å²) in [6.07, 6.45) is 13.8. The molecular weight excluding hydrogens is 556 g/mol. The van der Waals surface area contributed by atoms with E-state index in [1.807, 2.05) is 18.2 Å². The number of aliphatic hydroxyl groups is 1. The van der Waals surface area contributed by atoms with Crippen LogP contribution in [0.1, 0.15) is 104 Å². The first-order valence-electron chi connectivity index (χ1n) is 18.3. The number of amides is 1. The number of likely N-dealkylation sites (tertiary alicyclic amines) is 1. The van der Waals surface area contributed by atoms with Crippen molar-refractivity contribution in [1.82, 2.24) is 10.2 Å². The molecule has 7 rings (SSSR count). The number of piperidine rings is 1. The molecule has 2 N–H and O–H groups in total. The van der Waals surface area contributed by atoms with Crippen LogP contribution in [0.25, 0.3) is 0 Å². The number of carbonyl (C=O) groups excluding carboxylic acids is 1. The molecular formula is C40H58N2O3. The number of nitrogens with one attached hydrogen (secondary N) is 1. The molecule has 10 atom stereocenters. The molecule has 4 aliphatic carbocycles. The zero-order valence-electron chi connectivity index (χ0n) is 28.6. The predicted octanol–water partition coefficient (Wildman–Crippen LogP) is 7.24. The Bertz CT molecular complexity index is 1340. The molecule has 2 saturated carbocycles. The molecule has 1 amide bonds. The number of allylic oxidation sites excluding steroid dienone is 2. The SMILES string of the molecule is CC1=C2C[C@H]3[C@@H](CC=C4C[C@@H](O)CC[C@@]43C)[C@@H]2CCC2(C1)OC1(C)C[C@H](C)CN(CCNC(=O)CCc3ccccc3)[C@H]1[C@H]2C. The van der Waals surface area contributed by atoms with Crippen molar-refractivity contribution < 1.29 is 14.6 Å². The molecule has 2 aliphatic heterocycles. The standard InChI is InChI=1S/C40H58N2O3/c1-26-23-39(5)37(42(25-26)20-19-41-36(44)14-11-29-9-7-6-8-10-29)28(3)40(45-39)18-16-32-33-13-12-30-21-31(43)15-17-38(30,4)35(33)22-34(32)27(2)24-40/h6-10,12,26,28,31-33,35,37,43H,11,13-25H2,1-5H3,(H,41,44)/t26-,28+,31-,32-,33-,35-,37-,38-,39?,40?/m0/s1. The van der Waals surface area contributed by atoms with Crippen LogP contribution in [0.4, 0.5) is 0 Å². The third-order valence-electron chi connectivity index (χ3n) is 13.8. The average molecular weight is 615 g/mol. The summed E-state index contributed by atoms with van der Waals surface area (Å²) in [6, 6.07) is 10.7. The highest BCUT2D eigenvalue weighted by Gasteiger charge is 2.63. The number of fused-ring (bicyclic) bond motifs is 6. The van der Waals surface area contributed by atoms with Crippen LogP contribution in [-0.4, -0.2) is 58.9 Å². The summed E-state index contributed by atoms with van der Waals surface area (Å²) in [4.78, 5) is 15.4. The molecule has 2 heterocycles. The molecule has 1 aromatic rings. The van der Waals surface area contributed by atoms with Gasteiger partial charge in [-0.3, -0.25) is 9.69 Å². The fourth-order valence-corrected chi connectivity index (χ4v) is 11.9. The van der Waals surface area contributed by atoms with Crippen LogP contribution in [-0.2, 0) is 16.0 Å². The van der Waals surface area contributed by atoms with Crippen molar-refractivity contribution >= 4 is 5.91 Å². The summed E-state index contributed by atoms with van der Waals surface area (Å²) < 4.78 is 7.48. The highest BCUT2D eigenvalue weighted by Crippen LogP contribution is 2.64. The maximum Gasteiger partial charge on any atom is 0.220 e. The van der Waals surface area contributed by atoms with Crippen molar-refractivity contribution in [2.45, 2.75) is 129 Å². The maximum atomic E-state index is 12.7. The molecule has 4 fully saturated rings. The lowest BCUT2D eigenvalue weighted by Crippen LogP contribution is -2.58. The molecule has 2 saturated heterocycles. The molecule has 6 aliphatic rings. The average Bonchev–Trinajstić information content (AvgIpc) is 3.43. The van der Waals surface area contributed by atoms with E-state index in [1.165, 1.54) is 24.8 Å². The number of aryl methyl sites for hydroxylation is 1. The zero-order chi connectivity index (χ0) is 31.6. The molecule has 0 radical (unpaired) electrons. The summed E-state index contributed by atoms with van der Waals surface area (Å²) in [5.74, 6) is 3.33. The van der Waals surface area contributed by atoms with Gasteiger partial charge in [0.1, 0.15) is 0 Å². The number of nitrogens with zero attached hydrogens (tertiary/aromatic N) is 1. The molecule has 5 nitrogen and oxygen atoms in total. The van der Waals surface area contributed by atoms with Crippen molar-refractivity contribution in [3.05, 3.63) is 58.7 Å². The van der Waals surface area contributed by atoms with Crippen molar-refractivity contribution in [3.63, 3.8) is 0 Å². The molecule has 5 heteroatoms.